The molecular formula is C20H23ClF2N8O5S. The maximum Gasteiger partial charge on any atom is 0.261 e. The van der Waals surface area contributed by atoms with Gasteiger partial charge in [0.2, 0.25) is 27.7 Å². The molecule has 1 N–H and O–H groups in total. The summed E-state index contributed by atoms with van der Waals surface area (Å²) >= 11 is 5.83. The maximum atomic E-state index is 14.4. The van der Waals surface area contributed by atoms with Gasteiger partial charge in [0.15, 0.2) is 11.5 Å². The molecule has 4 rings (SSSR count). The van der Waals surface area contributed by atoms with Crippen molar-refractivity contribution >= 4 is 27.6 Å². The Morgan fingerprint density at radius 2 is 1.65 bits per heavy atom. The molecule has 0 aliphatic heterocycles. The van der Waals surface area contributed by atoms with Crippen LogP contribution in [-0.2, 0) is 14.8 Å². The fraction of sp³-hybridized carbons (Fsp3) is 0.500. The standard InChI is InChI=1S/C20H23ClF2N8O5S/c1-9-12(20(9,22)23)16-28-29-19(31(16)13-17(35-4)26-8-27-18(13)36-5)30-37(32,33)10(2)14(34-3)15-24-6-11(21)7-25-15/h6-10,12,14H,1-5H3,(H,29,30)/t9-,10?,12+,14?/m1/s1. The van der Waals surface area contributed by atoms with E-state index >= 15 is 0 Å². The van der Waals surface area contributed by atoms with Crippen molar-refractivity contribution in [3.8, 4) is 17.4 Å². The zero-order valence-electron chi connectivity index (χ0n) is 20.3. The smallest absolute Gasteiger partial charge is 0.261 e. The number of hydrogen-bond donors (Lipinski definition) is 1. The zero-order valence-corrected chi connectivity index (χ0v) is 21.8. The largest absolute Gasteiger partial charge is 0.479 e. The van der Waals surface area contributed by atoms with E-state index in [1.165, 1.54) is 47.6 Å². The number of methoxy groups -OCH3 is 3. The summed E-state index contributed by atoms with van der Waals surface area (Å²) in [6, 6.07) is 0. The molecule has 3 aromatic rings. The van der Waals surface area contributed by atoms with Crippen molar-refractivity contribution in [2.45, 2.75) is 37.0 Å². The molecule has 3 heterocycles. The lowest BCUT2D eigenvalue weighted by molar-refractivity contribution is 0.0949. The zero-order chi connectivity index (χ0) is 27.1. The average Bonchev–Trinajstić information content (AvgIpc) is 3.15. The van der Waals surface area contributed by atoms with E-state index in [0.29, 0.717) is 0 Å². The molecule has 2 unspecified atom stereocenters. The topological polar surface area (TPSA) is 156 Å². The van der Waals surface area contributed by atoms with Crippen LogP contribution in [0.1, 0.15) is 37.5 Å². The summed E-state index contributed by atoms with van der Waals surface area (Å²) in [4.78, 5) is 16.1. The third-order valence-electron chi connectivity index (χ3n) is 6.04. The van der Waals surface area contributed by atoms with E-state index in [0.717, 1.165) is 10.9 Å². The van der Waals surface area contributed by atoms with Crippen LogP contribution in [0.2, 0.25) is 5.02 Å². The summed E-state index contributed by atoms with van der Waals surface area (Å²) in [7, 11) is -0.421. The fourth-order valence-corrected chi connectivity index (χ4v) is 5.08. The lowest BCUT2D eigenvalue weighted by atomic mass is 10.2. The van der Waals surface area contributed by atoms with Gasteiger partial charge in [0.1, 0.15) is 23.5 Å². The normalized spacial score (nSPS) is 20.2. The molecule has 200 valence electrons. The number of nitrogens with zero attached hydrogens (tertiary/aromatic N) is 7. The van der Waals surface area contributed by atoms with Gasteiger partial charge in [-0.1, -0.05) is 18.5 Å². The third kappa shape index (κ3) is 4.75. The highest BCUT2D eigenvalue weighted by atomic mass is 35.5. The van der Waals surface area contributed by atoms with Crippen molar-refractivity contribution in [1.82, 2.24) is 34.7 Å². The summed E-state index contributed by atoms with van der Waals surface area (Å²) < 4.78 is 75.0. The van der Waals surface area contributed by atoms with Crippen molar-refractivity contribution in [3.63, 3.8) is 0 Å². The molecule has 17 heteroatoms. The minimum absolute atomic E-state index is 0.0583. The second kappa shape index (κ2) is 9.90. The van der Waals surface area contributed by atoms with E-state index in [9.17, 15) is 17.2 Å². The van der Waals surface area contributed by atoms with E-state index in [4.69, 9.17) is 25.8 Å². The number of alkyl halides is 2. The van der Waals surface area contributed by atoms with Gasteiger partial charge in [-0.05, 0) is 6.92 Å². The van der Waals surface area contributed by atoms with Crippen molar-refractivity contribution in [3.05, 3.63) is 35.4 Å². The molecule has 0 spiro atoms. The first-order valence-electron chi connectivity index (χ1n) is 10.8. The van der Waals surface area contributed by atoms with Gasteiger partial charge in [-0.15, -0.1) is 10.2 Å². The highest BCUT2D eigenvalue weighted by Crippen LogP contribution is 2.61. The number of rotatable bonds is 10. The first-order valence-corrected chi connectivity index (χ1v) is 12.7. The van der Waals surface area contributed by atoms with Gasteiger partial charge < -0.3 is 14.2 Å². The molecule has 4 atom stereocenters. The number of ether oxygens (including phenoxy) is 3. The number of nitrogens with one attached hydrogen (secondary N) is 1. The minimum Gasteiger partial charge on any atom is -0.479 e. The molecule has 1 aliphatic carbocycles. The summed E-state index contributed by atoms with van der Waals surface area (Å²) in [5.41, 5.74) is -0.0583. The molecule has 37 heavy (non-hydrogen) atoms. The molecular weight excluding hydrogens is 538 g/mol. The SMILES string of the molecule is COc1ncnc(OC)c1-n1c(NS(=O)(=O)C(C)C(OC)c2ncc(Cl)cn2)nnc1[C@@H]1[C@@H](C)C1(F)F. The molecule has 0 radical (unpaired) electrons. The molecule has 0 bridgehead atoms. The molecule has 0 amide bonds. The molecule has 1 fully saturated rings. The van der Waals surface area contributed by atoms with Crippen molar-refractivity contribution in [2.75, 3.05) is 26.1 Å². The maximum absolute atomic E-state index is 14.4. The molecule has 0 aromatic carbocycles. The highest BCUT2D eigenvalue weighted by Gasteiger charge is 2.68. The third-order valence-corrected chi connectivity index (χ3v) is 7.93. The summed E-state index contributed by atoms with van der Waals surface area (Å²) in [6.07, 6.45) is 2.64. The number of sulfonamides is 1. The highest BCUT2D eigenvalue weighted by molar-refractivity contribution is 7.93. The molecule has 0 saturated heterocycles. The molecule has 1 aliphatic rings. The quantitative estimate of drug-likeness (QED) is 0.388. The fourth-order valence-electron chi connectivity index (χ4n) is 3.86. The lowest BCUT2D eigenvalue weighted by Crippen LogP contribution is -2.33. The van der Waals surface area contributed by atoms with Crippen molar-refractivity contribution in [1.29, 1.82) is 0 Å². The van der Waals surface area contributed by atoms with Crippen molar-refractivity contribution < 1.29 is 31.4 Å². The van der Waals surface area contributed by atoms with Gasteiger partial charge in [-0.25, -0.2) is 27.2 Å². The van der Waals surface area contributed by atoms with Crippen LogP contribution in [-0.4, -0.2) is 75.6 Å². The summed E-state index contributed by atoms with van der Waals surface area (Å²) in [5, 5.41) is 6.75. The van der Waals surface area contributed by atoms with Gasteiger partial charge in [0.05, 0.1) is 25.2 Å². The Hall–Kier alpha value is -3.24. The first-order chi connectivity index (χ1) is 17.5. The Balaban J connectivity index is 1.80. The van der Waals surface area contributed by atoms with Crippen LogP contribution in [0.15, 0.2) is 18.7 Å². The second-order valence-corrected chi connectivity index (χ2v) is 10.6. The van der Waals surface area contributed by atoms with Crippen LogP contribution >= 0.6 is 11.6 Å². The minimum atomic E-state index is -4.31. The van der Waals surface area contributed by atoms with Crippen LogP contribution in [0.4, 0.5) is 14.7 Å². The van der Waals surface area contributed by atoms with E-state index in [2.05, 4.69) is 34.9 Å². The summed E-state index contributed by atoms with van der Waals surface area (Å²) in [5.74, 6) is -6.23. The van der Waals surface area contributed by atoms with E-state index in [1.54, 1.807) is 0 Å². The Morgan fingerprint density at radius 1 is 1.08 bits per heavy atom. The average molecular weight is 561 g/mol. The van der Waals surface area contributed by atoms with Crippen LogP contribution in [0.25, 0.3) is 5.69 Å². The van der Waals surface area contributed by atoms with Crippen molar-refractivity contribution in [2.24, 2.45) is 5.92 Å². The second-order valence-electron chi connectivity index (χ2n) is 8.17. The van der Waals surface area contributed by atoms with E-state index in [-0.39, 0.29) is 34.1 Å². The van der Waals surface area contributed by atoms with Crippen LogP contribution in [0.5, 0.6) is 11.8 Å². The van der Waals surface area contributed by atoms with E-state index < -0.39 is 45.1 Å². The van der Waals surface area contributed by atoms with Gasteiger partial charge in [0.25, 0.3) is 5.92 Å². The molecule has 1 saturated carbocycles. The van der Waals surface area contributed by atoms with Gasteiger partial charge in [-0.3, -0.25) is 9.29 Å². The Morgan fingerprint density at radius 3 is 2.14 bits per heavy atom. The molecule has 3 aromatic heterocycles. The molecule has 13 nitrogen and oxygen atoms in total. The number of anilines is 1. The first kappa shape index (κ1) is 26.8. The van der Waals surface area contributed by atoms with E-state index in [1.807, 2.05) is 0 Å². The predicted molar refractivity (Wildman–Crippen MR) is 126 cm³/mol. The Kier molecular flexibility index (Phi) is 7.18. The van der Waals surface area contributed by atoms with Gasteiger partial charge in [-0.2, -0.15) is 9.97 Å². The Labute approximate surface area is 215 Å². The van der Waals surface area contributed by atoms with Crippen LogP contribution < -0.4 is 14.2 Å². The predicted octanol–water partition coefficient (Wildman–Crippen LogP) is 2.40. The van der Waals surface area contributed by atoms with Gasteiger partial charge >= 0.3 is 0 Å². The monoisotopic (exact) mass is 560 g/mol. The number of hydrogen-bond acceptors (Lipinski definition) is 11. The van der Waals surface area contributed by atoms with Gasteiger partial charge in [0, 0.05) is 25.4 Å². The Bertz CT molecular complexity index is 1370. The van der Waals surface area contributed by atoms with Crippen LogP contribution in [0.3, 0.4) is 0 Å². The summed E-state index contributed by atoms with van der Waals surface area (Å²) in [6.45, 7) is 2.71. The number of aromatic nitrogens is 7. The van der Waals surface area contributed by atoms with Crippen LogP contribution in [0, 0.1) is 5.92 Å². The lowest BCUT2D eigenvalue weighted by Gasteiger charge is -2.22. The number of halogens is 3.